The van der Waals surface area contributed by atoms with E-state index in [4.69, 9.17) is 19.3 Å². The number of aliphatic carboxylic acids is 1. The van der Waals surface area contributed by atoms with Crippen molar-refractivity contribution in [1.29, 1.82) is 0 Å². The van der Waals surface area contributed by atoms with Crippen LogP contribution in [-0.2, 0) is 19.0 Å². The third-order valence-electron chi connectivity index (χ3n) is 2.85. The average molecular weight is 234 g/mol. The van der Waals surface area contributed by atoms with E-state index in [1.54, 1.807) is 0 Å². The van der Waals surface area contributed by atoms with Gasteiger partial charge >= 0.3 is 5.97 Å². The number of fused-ring (bicyclic) bond motifs is 1. The van der Waals surface area contributed by atoms with Crippen molar-refractivity contribution in [3.05, 3.63) is 0 Å². The molecule has 0 bridgehead atoms. The van der Waals surface area contributed by atoms with Crippen LogP contribution in [0.5, 0.6) is 0 Å². The largest absolute Gasteiger partial charge is 0.477 e. The Balaban J connectivity index is 2.14. The number of hydrogen-bond acceptors (Lipinski definition) is 6. The van der Waals surface area contributed by atoms with E-state index in [9.17, 15) is 15.0 Å². The maximum absolute atomic E-state index is 10.9. The zero-order valence-corrected chi connectivity index (χ0v) is 8.70. The summed E-state index contributed by atoms with van der Waals surface area (Å²) >= 11 is 0. The van der Waals surface area contributed by atoms with Gasteiger partial charge in [-0.05, 0) is 0 Å². The highest BCUT2D eigenvalue weighted by molar-refractivity contribution is 5.75. The van der Waals surface area contributed by atoms with Crippen LogP contribution >= 0.6 is 0 Å². The summed E-state index contributed by atoms with van der Waals surface area (Å²) in [5.41, 5.74) is 0. The minimum absolute atomic E-state index is 0.0112. The van der Waals surface area contributed by atoms with E-state index in [0.717, 1.165) is 0 Å². The molecule has 3 N–H and O–H groups in total. The molecular weight excluding hydrogens is 220 g/mol. The maximum atomic E-state index is 10.9. The van der Waals surface area contributed by atoms with Gasteiger partial charge in [0, 0.05) is 6.92 Å². The number of ether oxygens (including phenoxy) is 3. The van der Waals surface area contributed by atoms with Crippen molar-refractivity contribution >= 4 is 5.97 Å². The number of carbonyl (C=O) groups is 1. The van der Waals surface area contributed by atoms with Crippen LogP contribution in [0.25, 0.3) is 0 Å². The fourth-order valence-corrected chi connectivity index (χ4v) is 1.79. The molecule has 2 saturated heterocycles. The molecule has 2 aliphatic rings. The van der Waals surface area contributed by atoms with Gasteiger partial charge in [0.1, 0.15) is 24.4 Å². The first-order valence-electron chi connectivity index (χ1n) is 4.97. The van der Waals surface area contributed by atoms with Gasteiger partial charge in [-0.25, -0.2) is 4.79 Å². The van der Waals surface area contributed by atoms with Gasteiger partial charge in [-0.2, -0.15) is 0 Å². The first kappa shape index (κ1) is 11.7. The highest BCUT2D eigenvalue weighted by Crippen LogP contribution is 2.30. The summed E-state index contributed by atoms with van der Waals surface area (Å²) < 4.78 is 15.4. The predicted molar refractivity (Wildman–Crippen MR) is 48.6 cm³/mol. The lowest BCUT2D eigenvalue weighted by Gasteiger charge is -2.45. The number of carboxylic acid groups (broad SMARTS) is 1. The van der Waals surface area contributed by atoms with Crippen molar-refractivity contribution in [1.82, 2.24) is 0 Å². The minimum Gasteiger partial charge on any atom is -0.477 e. The van der Waals surface area contributed by atoms with Crippen LogP contribution < -0.4 is 0 Å². The molecule has 0 spiro atoms. The Morgan fingerprint density at radius 1 is 1.38 bits per heavy atom. The van der Waals surface area contributed by atoms with Gasteiger partial charge in [-0.15, -0.1) is 0 Å². The third-order valence-corrected chi connectivity index (χ3v) is 2.85. The number of carboxylic acids is 1. The number of hydrogen-bond donors (Lipinski definition) is 3. The molecule has 0 aromatic rings. The molecule has 0 unspecified atom stereocenters. The van der Waals surface area contributed by atoms with E-state index >= 15 is 0 Å². The fourth-order valence-electron chi connectivity index (χ4n) is 1.79. The van der Waals surface area contributed by atoms with Gasteiger partial charge in [0.25, 0.3) is 5.79 Å². The summed E-state index contributed by atoms with van der Waals surface area (Å²) in [5.74, 6) is -3.08. The summed E-state index contributed by atoms with van der Waals surface area (Å²) in [4.78, 5) is 10.9. The molecule has 0 aromatic heterocycles. The van der Waals surface area contributed by atoms with Crippen LogP contribution in [0.3, 0.4) is 0 Å². The number of aliphatic hydroxyl groups is 2. The molecule has 92 valence electrons. The van der Waals surface area contributed by atoms with Crippen LogP contribution in [0.15, 0.2) is 0 Å². The van der Waals surface area contributed by atoms with Crippen molar-refractivity contribution in [2.75, 3.05) is 13.2 Å². The average Bonchev–Trinajstić information content (AvgIpc) is 2.24. The van der Waals surface area contributed by atoms with Crippen molar-refractivity contribution in [3.63, 3.8) is 0 Å². The lowest BCUT2D eigenvalue weighted by Crippen LogP contribution is -2.63. The molecule has 0 aromatic carbocycles. The summed E-state index contributed by atoms with van der Waals surface area (Å²) in [6.07, 6.45) is -3.68. The Morgan fingerprint density at radius 2 is 2.06 bits per heavy atom. The van der Waals surface area contributed by atoms with Crippen molar-refractivity contribution in [3.8, 4) is 0 Å². The standard InChI is InChI=1S/C9H14O7/c1-9(8(12)13)15-3-5-7(16-9)6(11)4(10)2-14-5/h4-7,10-11H,2-3H2,1H3,(H,12,13)/t4-,5+,6+,7-,9+/m0/s1. The molecule has 5 atom stereocenters. The SMILES string of the molecule is C[C@@]1(C(=O)O)OC[C@H]2OC[C@H](O)[C@@H](O)[C@H]2O1. The van der Waals surface area contributed by atoms with Crippen LogP contribution in [0.2, 0.25) is 0 Å². The van der Waals surface area contributed by atoms with Gasteiger partial charge in [-0.1, -0.05) is 0 Å². The Morgan fingerprint density at radius 3 is 2.69 bits per heavy atom. The summed E-state index contributed by atoms with van der Waals surface area (Å²) in [7, 11) is 0. The Bertz CT molecular complexity index is 292. The molecular formula is C9H14O7. The number of rotatable bonds is 1. The second kappa shape index (κ2) is 3.94. The second-order valence-electron chi connectivity index (χ2n) is 4.07. The topological polar surface area (TPSA) is 105 Å². The van der Waals surface area contributed by atoms with E-state index in [0.29, 0.717) is 0 Å². The third kappa shape index (κ3) is 1.80. The Hall–Kier alpha value is -0.730. The molecule has 2 rings (SSSR count). The zero-order valence-electron chi connectivity index (χ0n) is 8.70. The van der Waals surface area contributed by atoms with Gasteiger partial charge in [0.05, 0.1) is 13.2 Å². The van der Waals surface area contributed by atoms with Crippen LogP contribution in [0.1, 0.15) is 6.92 Å². The summed E-state index contributed by atoms with van der Waals surface area (Å²) in [5, 5.41) is 28.0. The number of aliphatic hydroxyl groups excluding tert-OH is 2. The Kier molecular flexibility index (Phi) is 2.89. The molecule has 0 aliphatic carbocycles. The van der Waals surface area contributed by atoms with Crippen LogP contribution in [-0.4, -0.2) is 64.7 Å². The molecule has 16 heavy (non-hydrogen) atoms. The molecule has 7 heteroatoms. The first-order valence-corrected chi connectivity index (χ1v) is 4.97. The molecule has 0 saturated carbocycles. The molecule has 2 aliphatic heterocycles. The molecule has 0 amide bonds. The molecule has 2 fully saturated rings. The zero-order chi connectivity index (χ0) is 11.9. The van der Waals surface area contributed by atoms with Gasteiger partial charge in [-0.3, -0.25) is 0 Å². The fraction of sp³-hybridized carbons (Fsp3) is 0.889. The van der Waals surface area contributed by atoms with E-state index in [2.05, 4.69) is 0 Å². The molecule has 7 nitrogen and oxygen atoms in total. The van der Waals surface area contributed by atoms with Crippen molar-refractivity contribution in [2.45, 2.75) is 37.1 Å². The van der Waals surface area contributed by atoms with E-state index < -0.39 is 36.2 Å². The smallest absolute Gasteiger partial charge is 0.364 e. The first-order chi connectivity index (χ1) is 7.44. The van der Waals surface area contributed by atoms with Crippen LogP contribution in [0, 0.1) is 0 Å². The second-order valence-corrected chi connectivity index (χ2v) is 4.07. The van der Waals surface area contributed by atoms with Crippen molar-refractivity contribution < 1.29 is 34.3 Å². The quantitative estimate of drug-likeness (QED) is 0.497. The lowest BCUT2D eigenvalue weighted by atomic mass is 9.98. The van der Waals surface area contributed by atoms with Gasteiger partial charge < -0.3 is 29.5 Å². The van der Waals surface area contributed by atoms with E-state index in [1.165, 1.54) is 6.92 Å². The van der Waals surface area contributed by atoms with E-state index in [-0.39, 0.29) is 13.2 Å². The normalized spacial score (nSPS) is 48.4. The predicted octanol–water partition coefficient (Wildman–Crippen LogP) is -1.68. The molecule has 2 heterocycles. The highest BCUT2D eigenvalue weighted by atomic mass is 16.7. The van der Waals surface area contributed by atoms with Gasteiger partial charge in [0.15, 0.2) is 0 Å². The van der Waals surface area contributed by atoms with Gasteiger partial charge in [0.2, 0.25) is 0 Å². The Labute approximate surface area is 91.5 Å². The lowest BCUT2D eigenvalue weighted by molar-refractivity contribution is -0.343. The minimum atomic E-state index is -1.80. The monoisotopic (exact) mass is 234 g/mol. The van der Waals surface area contributed by atoms with Crippen molar-refractivity contribution in [2.24, 2.45) is 0 Å². The summed E-state index contributed by atoms with van der Waals surface area (Å²) in [6, 6.07) is 0. The summed E-state index contributed by atoms with van der Waals surface area (Å²) in [6.45, 7) is 1.25. The highest BCUT2D eigenvalue weighted by Gasteiger charge is 2.51. The molecule has 0 radical (unpaired) electrons. The maximum Gasteiger partial charge on any atom is 0.364 e. The van der Waals surface area contributed by atoms with E-state index in [1.807, 2.05) is 0 Å². The van der Waals surface area contributed by atoms with Crippen LogP contribution in [0.4, 0.5) is 0 Å².